The van der Waals surface area contributed by atoms with Crippen LogP contribution in [0, 0.1) is 17.2 Å². The summed E-state index contributed by atoms with van der Waals surface area (Å²) >= 11 is 0. The van der Waals surface area contributed by atoms with Gasteiger partial charge in [-0.15, -0.1) is 0 Å². The van der Waals surface area contributed by atoms with Crippen molar-refractivity contribution < 1.29 is 14.0 Å². The molecule has 4 aromatic rings. The standard InChI is InChI=1S/C36H46FN5O3/c1-22(2)27-17-26(30(29-18-38-40-34(27)29)19-41(6)21-36(3,4)5)14-23(20-43)15-32(44)42-12-10-24(11-13-42)28-16-25-8-7-9-31(37)33(25)39-35(28)45/h7-9,16-18,20,22-24H,10-15,19,21H2,1-6H3,(H,38,40)(H,39,45)/t23-/m0/s1. The molecule has 9 heteroatoms. The number of carbonyl (C=O) groups is 2. The van der Waals surface area contributed by atoms with Crippen molar-refractivity contribution in [3.8, 4) is 0 Å². The van der Waals surface area contributed by atoms with Gasteiger partial charge in [-0.05, 0) is 72.4 Å². The minimum atomic E-state index is -0.454. The number of para-hydroxylation sites is 1. The Morgan fingerprint density at radius 2 is 1.91 bits per heavy atom. The van der Waals surface area contributed by atoms with Crippen LogP contribution in [0.3, 0.4) is 0 Å². The Bertz CT molecular complexity index is 1740. The Balaban J connectivity index is 1.30. The number of pyridine rings is 1. The van der Waals surface area contributed by atoms with Gasteiger partial charge in [-0.1, -0.05) is 52.8 Å². The molecule has 2 aromatic carbocycles. The summed E-state index contributed by atoms with van der Waals surface area (Å²) in [4.78, 5) is 45.5. The van der Waals surface area contributed by atoms with Crippen molar-refractivity contribution in [3.05, 3.63) is 75.0 Å². The van der Waals surface area contributed by atoms with Gasteiger partial charge >= 0.3 is 0 Å². The van der Waals surface area contributed by atoms with Crippen LogP contribution >= 0.6 is 0 Å². The maximum absolute atomic E-state index is 14.2. The molecule has 1 atom stereocenters. The van der Waals surface area contributed by atoms with Crippen LogP contribution in [0.15, 0.2) is 41.3 Å². The number of aldehydes is 1. The Morgan fingerprint density at radius 1 is 1.18 bits per heavy atom. The minimum absolute atomic E-state index is 0.0175. The molecule has 0 aliphatic carbocycles. The van der Waals surface area contributed by atoms with E-state index in [0.717, 1.165) is 40.4 Å². The van der Waals surface area contributed by atoms with Crippen molar-refractivity contribution in [1.82, 2.24) is 25.0 Å². The van der Waals surface area contributed by atoms with Gasteiger partial charge in [0.1, 0.15) is 12.1 Å². The number of nitrogens with zero attached hydrogens (tertiary/aromatic N) is 3. The first-order valence-electron chi connectivity index (χ1n) is 16.1. The summed E-state index contributed by atoms with van der Waals surface area (Å²) in [5.74, 6) is -0.699. The lowest BCUT2D eigenvalue weighted by Crippen LogP contribution is -2.39. The fraction of sp³-hybridized carbons (Fsp3) is 0.500. The number of aromatic amines is 2. The van der Waals surface area contributed by atoms with Crippen LogP contribution in [0.25, 0.3) is 21.8 Å². The van der Waals surface area contributed by atoms with Gasteiger partial charge < -0.3 is 19.6 Å². The molecule has 1 aliphatic rings. The lowest BCUT2D eigenvalue weighted by molar-refractivity contribution is -0.134. The van der Waals surface area contributed by atoms with Crippen LogP contribution in [0.2, 0.25) is 0 Å². The molecule has 3 heterocycles. The SMILES string of the molecule is CC(C)c1cc(C[C@H](C=O)CC(=O)N2CCC(c3cc4cccc(F)c4[nH]c3=O)CC2)c(CN(C)CC(C)(C)C)c2cn[nH]c12. The molecule has 0 unspecified atom stereocenters. The molecule has 2 aromatic heterocycles. The number of benzene rings is 2. The van der Waals surface area contributed by atoms with Gasteiger partial charge in [-0.2, -0.15) is 5.10 Å². The van der Waals surface area contributed by atoms with Crippen molar-refractivity contribution in [3.63, 3.8) is 0 Å². The van der Waals surface area contributed by atoms with Crippen molar-refractivity contribution in [2.24, 2.45) is 11.3 Å². The van der Waals surface area contributed by atoms with Gasteiger partial charge in [0, 0.05) is 54.9 Å². The van der Waals surface area contributed by atoms with Gasteiger partial charge in [0.2, 0.25) is 5.91 Å². The molecular formula is C36H46FN5O3. The highest BCUT2D eigenvalue weighted by molar-refractivity contribution is 5.87. The number of amides is 1. The van der Waals surface area contributed by atoms with Crippen molar-refractivity contribution in [2.75, 3.05) is 26.7 Å². The maximum atomic E-state index is 14.2. The summed E-state index contributed by atoms with van der Waals surface area (Å²) in [5, 5.41) is 9.30. The van der Waals surface area contributed by atoms with Crippen LogP contribution in [0.5, 0.6) is 0 Å². The molecule has 5 rings (SSSR count). The molecule has 0 bridgehead atoms. The first kappa shape index (κ1) is 32.5. The largest absolute Gasteiger partial charge is 0.343 e. The molecule has 1 aliphatic heterocycles. The summed E-state index contributed by atoms with van der Waals surface area (Å²) in [7, 11) is 2.12. The molecule has 1 amide bonds. The van der Waals surface area contributed by atoms with Crippen LogP contribution in [-0.2, 0) is 22.6 Å². The number of likely N-dealkylation sites (tertiary alicyclic amines) is 1. The van der Waals surface area contributed by atoms with E-state index in [9.17, 15) is 18.8 Å². The molecular weight excluding hydrogens is 569 g/mol. The Morgan fingerprint density at radius 3 is 2.58 bits per heavy atom. The average Bonchev–Trinajstić information content (AvgIpc) is 3.47. The summed E-state index contributed by atoms with van der Waals surface area (Å²) < 4.78 is 14.2. The van der Waals surface area contributed by atoms with Gasteiger partial charge in [-0.3, -0.25) is 14.7 Å². The normalized spacial score (nSPS) is 15.4. The van der Waals surface area contributed by atoms with Crippen molar-refractivity contribution in [1.29, 1.82) is 0 Å². The van der Waals surface area contributed by atoms with Crippen LogP contribution < -0.4 is 5.56 Å². The number of rotatable bonds is 10. The first-order chi connectivity index (χ1) is 21.3. The zero-order valence-corrected chi connectivity index (χ0v) is 27.4. The van der Waals surface area contributed by atoms with Crippen LogP contribution in [0.4, 0.5) is 4.39 Å². The minimum Gasteiger partial charge on any atom is -0.343 e. The van der Waals surface area contributed by atoms with E-state index < -0.39 is 11.7 Å². The predicted molar refractivity (Wildman–Crippen MR) is 177 cm³/mol. The molecule has 8 nitrogen and oxygen atoms in total. The zero-order chi connectivity index (χ0) is 32.5. The fourth-order valence-electron chi connectivity index (χ4n) is 6.97. The Kier molecular flexibility index (Phi) is 9.58. The average molecular weight is 616 g/mol. The number of nitrogens with one attached hydrogen (secondary N) is 2. The van der Waals surface area contributed by atoms with E-state index in [1.54, 1.807) is 18.2 Å². The predicted octanol–water partition coefficient (Wildman–Crippen LogP) is 6.30. The summed E-state index contributed by atoms with van der Waals surface area (Å²) in [5.41, 5.74) is 5.12. The highest BCUT2D eigenvalue weighted by Gasteiger charge is 2.28. The third-order valence-corrected chi connectivity index (χ3v) is 9.02. The van der Waals surface area contributed by atoms with Gasteiger partial charge in [0.15, 0.2) is 0 Å². The maximum Gasteiger partial charge on any atom is 0.251 e. The summed E-state index contributed by atoms with van der Waals surface area (Å²) in [6.07, 6.45) is 4.71. The first-order valence-corrected chi connectivity index (χ1v) is 16.1. The molecule has 0 saturated carbocycles. The number of fused-ring (bicyclic) bond motifs is 2. The van der Waals surface area contributed by atoms with Gasteiger partial charge in [0.25, 0.3) is 5.56 Å². The third-order valence-electron chi connectivity index (χ3n) is 9.02. The van der Waals surface area contributed by atoms with E-state index in [-0.39, 0.29) is 40.7 Å². The molecule has 1 fully saturated rings. The molecule has 0 spiro atoms. The summed E-state index contributed by atoms with van der Waals surface area (Å²) in [6, 6.07) is 8.73. The number of aromatic nitrogens is 3. The molecule has 0 radical (unpaired) electrons. The number of hydrogen-bond acceptors (Lipinski definition) is 5. The van der Waals surface area contributed by atoms with E-state index in [1.165, 1.54) is 6.07 Å². The second-order valence-corrected chi connectivity index (χ2v) is 14.4. The van der Waals surface area contributed by atoms with E-state index in [0.29, 0.717) is 49.8 Å². The summed E-state index contributed by atoms with van der Waals surface area (Å²) in [6.45, 7) is 13.6. The zero-order valence-electron chi connectivity index (χ0n) is 27.4. The van der Waals surface area contributed by atoms with Gasteiger partial charge in [0.05, 0.1) is 17.2 Å². The van der Waals surface area contributed by atoms with E-state index in [4.69, 9.17) is 0 Å². The van der Waals surface area contributed by atoms with Crippen molar-refractivity contribution >= 4 is 34.0 Å². The second-order valence-electron chi connectivity index (χ2n) is 14.4. The molecule has 240 valence electrons. The van der Waals surface area contributed by atoms with E-state index in [2.05, 4.69) is 67.8 Å². The Labute approximate surface area is 264 Å². The number of piperidine rings is 1. The van der Waals surface area contributed by atoms with Crippen LogP contribution in [-0.4, -0.2) is 63.9 Å². The lowest BCUT2D eigenvalue weighted by atomic mass is 9.87. The number of carbonyl (C=O) groups excluding carboxylic acids is 2. The topological polar surface area (TPSA) is 102 Å². The third kappa shape index (κ3) is 7.35. The molecule has 45 heavy (non-hydrogen) atoms. The quantitative estimate of drug-likeness (QED) is 0.204. The number of hydrogen-bond donors (Lipinski definition) is 2. The smallest absolute Gasteiger partial charge is 0.251 e. The highest BCUT2D eigenvalue weighted by atomic mass is 19.1. The van der Waals surface area contributed by atoms with E-state index in [1.807, 2.05) is 11.1 Å². The lowest BCUT2D eigenvalue weighted by Gasteiger charge is -2.32. The van der Waals surface area contributed by atoms with E-state index >= 15 is 0 Å². The number of halogens is 1. The monoisotopic (exact) mass is 615 g/mol. The van der Waals surface area contributed by atoms with Gasteiger partial charge in [-0.25, -0.2) is 4.39 Å². The molecule has 2 N–H and O–H groups in total. The Hall–Kier alpha value is -3.85. The second kappa shape index (κ2) is 13.3. The van der Waals surface area contributed by atoms with Crippen molar-refractivity contribution in [2.45, 2.75) is 78.7 Å². The highest BCUT2D eigenvalue weighted by Crippen LogP contribution is 2.33. The molecule has 1 saturated heterocycles. The van der Waals surface area contributed by atoms with Crippen LogP contribution in [0.1, 0.15) is 88.0 Å². The number of H-pyrrole nitrogens is 2. The fourth-order valence-corrected chi connectivity index (χ4v) is 6.97.